The van der Waals surface area contributed by atoms with Gasteiger partial charge < -0.3 is 19.4 Å². The molecule has 3 rings (SSSR count). The Bertz CT molecular complexity index is 2120. The first-order valence-corrected chi connectivity index (χ1v) is 45.0. The van der Waals surface area contributed by atoms with Crippen LogP contribution in [0, 0.1) is 13.8 Å². The van der Waals surface area contributed by atoms with Crippen molar-refractivity contribution in [2.75, 3.05) is 0 Å². The molecule has 0 unspecified atom stereocenters. The molecule has 0 saturated heterocycles. The van der Waals surface area contributed by atoms with Gasteiger partial charge in [0.1, 0.15) is 11.6 Å². The Kier molecular flexibility index (Phi) is 72.6. The van der Waals surface area contributed by atoms with Crippen molar-refractivity contribution < 1.29 is 34.7 Å². The zero-order valence-corrected chi connectivity index (χ0v) is 70.5. The van der Waals surface area contributed by atoms with Crippen LogP contribution in [0.1, 0.15) is 500 Å². The van der Waals surface area contributed by atoms with E-state index in [1.54, 1.807) is 0 Å². The molecule has 4 nitrogen and oxygen atoms in total. The van der Waals surface area contributed by atoms with Gasteiger partial charge in [0.25, 0.3) is 0 Å². The Morgan fingerprint density at radius 3 is 0.693 bits per heavy atom. The van der Waals surface area contributed by atoms with Gasteiger partial charge in [-0.1, -0.05) is 414 Å². The normalized spacial score (nSPS) is 12.1. The fraction of sp³-hybridized carbons (Fsp3) is 0.792. The molecular weight excluding hydrogens is 1320 g/mol. The van der Waals surface area contributed by atoms with Crippen LogP contribution in [0.4, 0.5) is 0 Å². The molecule has 5 heteroatoms. The third-order valence-electron chi connectivity index (χ3n) is 21.5. The summed E-state index contributed by atoms with van der Waals surface area (Å²) >= 11 is 0. The van der Waals surface area contributed by atoms with Gasteiger partial charge in [-0.2, -0.15) is 12.8 Å². The minimum Gasteiger partial charge on any atom is -0.493 e. The predicted octanol–water partition coefficient (Wildman–Crippen LogP) is 32.9. The molecule has 0 bridgehead atoms. The largest absolute Gasteiger partial charge is 2.00 e. The SMILES string of the molecule is CCCCCCCCC1=C(c2cc(CCCCC)cc(CCCCC)c2)[N+](=[N-])C(c2cc(CC(=O)CC)cc(CC(=O)CC)c2)=C1CCCCCC.[CH2-]CCCCCCCCCCCCCCCCCCCCCCC.[CH2-]CCCCCCCCCCCCCCCCCCCCCCC.[Pd+2]. The van der Waals surface area contributed by atoms with Gasteiger partial charge in [-0.3, -0.25) is 9.59 Å². The molecule has 0 radical (unpaired) electrons. The van der Waals surface area contributed by atoms with E-state index in [0.717, 1.165) is 91.4 Å². The summed E-state index contributed by atoms with van der Waals surface area (Å²) in [6.45, 7) is 25.3. The second-order valence-corrected chi connectivity index (χ2v) is 31.3. The fourth-order valence-electron chi connectivity index (χ4n) is 15.0. The first-order chi connectivity index (χ1) is 49.1. The van der Waals surface area contributed by atoms with Gasteiger partial charge >= 0.3 is 20.4 Å². The van der Waals surface area contributed by atoms with E-state index in [9.17, 15) is 15.1 Å². The van der Waals surface area contributed by atoms with Crippen molar-refractivity contribution in [3.63, 3.8) is 0 Å². The van der Waals surface area contributed by atoms with Gasteiger partial charge in [0.2, 0.25) is 11.4 Å². The van der Waals surface area contributed by atoms with E-state index in [0.29, 0.717) is 25.7 Å². The van der Waals surface area contributed by atoms with E-state index in [1.807, 2.05) is 19.9 Å². The number of hydrogen-bond donors (Lipinski definition) is 0. The van der Waals surface area contributed by atoms with E-state index >= 15 is 0 Å². The van der Waals surface area contributed by atoms with E-state index in [1.165, 1.54) is 380 Å². The summed E-state index contributed by atoms with van der Waals surface area (Å²) in [5.41, 5.74) is 23.6. The number of unbranched alkanes of at least 4 members (excludes halogenated alkanes) is 54. The molecule has 0 saturated carbocycles. The van der Waals surface area contributed by atoms with Gasteiger partial charge in [0, 0.05) is 48.0 Å². The smallest absolute Gasteiger partial charge is 0.493 e. The predicted molar refractivity (Wildman–Crippen MR) is 447 cm³/mol. The first-order valence-electron chi connectivity index (χ1n) is 45.0. The summed E-state index contributed by atoms with van der Waals surface area (Å²) in [7, 11) is 0. The summed E-state index contributed by atoms with van der Waals surface area (Å²) in [5, 5.41) is 0. The Morgan fingerprint density at radius 1 is 0.267 bits per heavy atom. The first kappa shape index (κ1) is 98.5. The summed E-state index contributed by atoms with van der Waals surface area (Å²) in [4.78, 5) is 25.5. The van der Waals surface area contributed by atoms with Gasteiger partial charge in [-0.25, -0.2) is 4.70 Å². The van der Waals surface area contributed by atoms with Crippen molar-refractivity contribution in [3.05, 3.63) is 100 Å². The molecule has 1 aliphatic rings. The number of carbonyl (C=O) groups is 2. The maximum Gasteiger partial charge on any atom is 2.00 e. The number of rotatable bonds is 70. The number of carbonyl (C=O) groups excluding carboxylic acids is 2. The maximum absolute atomic E-state index is 12.7. The second kappa shape index (κ2) is 74.4. The number of allylic oxidation sites excluding steroid dienone is 2. The third kappa shape index (κ3) is 54.7. The number of aryl methyl sites for hydroxylation is 2. The van der Waals surface area contributed by atoms with Crippen LogP contribution in [0.2, 0.25) is 0 Å². The molecule has 101 heavy (non-hydrogen) atoms. The van der Waals surface area contributed by atoms with Crippen LogP contribution in [-0.2, 0) is 55.7 Å². The number of Topliss-reactive ketones (excluding diaryl/α,β-unsaturated/α-hetero) is 2. The molecule has 0 N–H and O–H groups in total. The minimum atomic E-state index is 0. The topological polar surface area (TPSA) is 59.5 Å². The molecule has 586 valence electrons. The number of ketones is 2. The van der Waals surface area contributed by atoms with Crippen LogP contribution in [0.5, 0.6) is 0 Å². The standard InChI is InChI=1S/C48H72N2O2.2C24H49.Pd/c1-7-13-17-19-20-24-28-46-45(27-23-18-14-8-2)48(42-33-39(35-43(51)11-5)30-40(34-42)36-44(52)12-6)50(49)47(46)41-31-37(25-21-15-9-3)29-38(32-41)26-22-16-10-4;2*1-3-5-7-9-11-13-15-17-19-21-23-24-22-20-18-16-14-12-10-8-6-4-2;/h29-34H,7-28,35-36H2,1-6H3;2*1,3-24H2,2H3;/q;2*-1;+2. The van der Waals surface area contributed by atoms with E-state index < -0.39 is 0 Å². The van der Waals surface area contributed by atoms with Crippen LogP contribution in [0.25, 0.3) is 16.9 Å². The van der Waals surface area contributed by atoms with E-state index in [2.05, 4.69) is 85.7 Å². The summed E-state index contributed by atoms with van der Waals surface area (Å²) < 4.78 is 1.52. The Hall–Kier alpha value is -2.48. The Labute approximate surface area is 645 Å². The van der Waals surface area contributed by atoms with Crippen molar-refractivity contribution >= 4 is 23.0 Å². The molecule has 1 aliphatic heterocycles. The zero-order valence-electron chi connectivity index (χ0n) is 69.0. The molecule has 0 amide bonds. The molecule has 2 aromatic carbocycles. The molecule has 0 atom stereocenters. The van der Waals surface area contributed by atoms with Gasteiger partial charge in [-0.05, 0) is 97.9 Å². The summed E-state index contributed by atoms with van der Waals surface area (Å²) in [5.74, 6) is 0.369. The van der Waals surface area contributed by atoms with Crippen LogP contribution in [0.3, 0.4) is 0 Å². The van der Waals surface area contributed by atoms with Crippen LogP contribution in [-0.4, -0.2) is 16.3 Å². The molecule has 0 spiro atoms. The van der Waals surface area contributed by atoms with Crippen molar-refractivity contribution in [2.45, 2.75) is 492 Å². The average Bonchev–Trinajstić information content (AvgIpc) is 1.61. The van der Waals surface area contributed by atoms with Gasteiger partial charge in [0.15, 0.2) is 0 Å². The van der Waals surface area contributed by atoms with Crippen LogP contribution >= 0.6 is 0 Å². The minimum absolute atomic E-state index is 0. The monoisotopic (exact) mass is 1490 g/mol. The number of nitrogens with zero attached hydrogens (tertiary/aromatic N) is 2. The average molecular weight is 1490 g/mol. The molecule has 1 heterocycles. The number of hydrogen-bond acceptors (Lipinski definition) is 2. The molecular formula is C96H170N2O2Pd. The van der Waals surface area contributed by atoms with Crippen molar-refractivity contribution in [1.29, 1.82) is 0 Å². The molecule has 0 fully saturated rings. The van der Waals surface area contributed by atoms with Crippen LogP contribution < -0.4 is 0 Å². The van der Waals surface area contributed by atoms with E-state index in [4.69, 9.17) is 0 Å². The maximum atomic E-state index is 12.7. The Morgan fingerprint density at radius 2 is 0.455 bits per heavy atom. The van der Waals surface area contributed by atoms with E-state index in [-0.39, 0.29) is 32.0 Å². The number of benzene rings is 2. The van der Waals surface area contributed by atoms with Gasteiger partial charge in [-0.15, -0.1) is 0 Å². The van der Waals surface area contributed by atoms with Crippen molar-refractivity contribution in [2.24, 2.45) is 0 Å². The van der Waals surface area contributed by atoms with Crippen LogP contribution in [0.15, 0.2) is 47.5 Å². The van der Waals surface area contributed by atoms with Crippen molar-refractivity contribution in [3.8, 4) is 0 Å². The summed E-state index contributed by atoms with van der Waals surface area (Å²) in [6.07, 6.45) is 88.3. The molecule has 0 aromatic heterocycles. The molecule has 2 aromatic rings. The fourth-order valence-corrected chi connectivity index (χ4v) is 15.0. The van der Waals surface area contributed by atoms with Gasteiger partial charge in [0.05, 0.1) is 0 Å². The second-order valence-electron chi connectivity index (χ2n) is 31.3. The molecule has 0 aliphatic carbocycles. The summed E-state index contributed by atoms with van der Waals surface area (Å²) in [6, 6.07) is 13.4. The van der Waals surface area contributed by atoms with Crippen molar-refractivity contribution in [1.82, 2.24) is 0 Å². The zero-order chi connectivity index (χ0) is 72.8. The Balaban J connectivity index is 0.00000170. The quantitative estimate of drug-likeness (QED) is 0.0287. The third-order valence-corrected chi connectivity index (χ3v) is 21.5.